The fraction of sp³-hybridized carbons (Fsp3) is 0.227. The van der Waals surface area contributed by atoms with Gasteiger partial charge in [-0.05, 0) is 24.6 Å². The fourth-order valence-electron chi connectivity index (χ4n) is 3.11. The smallest absolute Gasteiger partial charge is 0.266 e. The minimum atomic E-state index is -0.183. The quantitative estimate of drug-likeness (QED) is 0.698. The summed E-state index contributed by atoms with van der Waals surface area (Å²) in [6.45, 7) is 1.39. The molecule has 0 saturated heterocycles. The molecule has 1 amide bonds. The van der Waals surface area contributed by atoms with E-state index in [1.54, 1.807) is 24.3 Å². The molecule has 1 aromatic heterocycles. The van der Waals surface area contributed by atoms with E-state index in [0.717, 1.165) is 11.3 Å². The summed E-state index contributed by atoms with van der Waals surface area (Å²) in [6, 6.07) is 18.2. The van der Waals surface area contributed by atoms with Crippen molar-refractivity contribution in [3.8, 4) is 22.8 Å². The third kappa shape index (κ3) is 4.63. The van der Waals surface area contributed by atoms with Crippen LogP contribution in [0.2, 0.25) is 0 Å². The first kappa shape index (κ1) is 18.7. The predicted molar refractivity (Wildman–Crippen MR) is 109 cm³/mol. The zero-order valence-corrected chi connectivity index (χ0v) is 15.8. The highest BCUT2D eigenvalue weighted by molar-refractivity contribution is 5.91. The maximum absolute atomic E-state index is 12.3. The Morgan fingerprint density at radius 2 is 1.79 bits per heavy atom. The summed E-state index contributed by atoms with van der Waals surface area (Å²) in [6.07, 6.45) is 0.777. The first-order chi connectivity index (χ1) is 14.2. The number of amides is 1. The third-order valence-electron chi connectivity index (χ3n) is 4.54. The average Bonchev–Trinajstić information content (AvgIpc) is 2.75. The van der Waals surface area contributed by atoms with E-state index >= 15 is 0 Å². The molecule has 1 aliphatic heterocycles. The van der Waals surface area contributed by atoms with Crippen LogP contribution in [0, 0.1) is 0 Å². The van der Waals surface area contributed by atoms with Gasteiger partial charge in [0.1, 0.15) is 13.2 Å². The number of fused-ring (bicyclic) bond motifs is 1. The van der Waals surface area contributed by atoms with Crippen LogP contribution in [0.4, 0.5) is 5.69 Å². The van der Waals surface area contributed by atoms with Crippen LogP contribution in [0.15, 0.2) is 65.5 Å². The van der Waals surface area contributed by atoms with Crippen molar-refractivity contribution in [2.75, 3.05) is 18.5 Å². The van der Waals surface area contributed by atoms with Crippen LogP contribution < -0.4 is 20.3 Å². The van der Waals surface area contributed by atoms with Gasteiger partial charge in [-0.2, -0.15) is 5.10 Å². The molecule has 0 saturated carbocycles. The van der Waals surface area contributed by atoms with E-state index in [1.165, 1.54) is 10.7 Å². The number of anilines is 1. The van der Waals surface area contributed by atoms with Gasteiger partial charge in [0.15, 0.2) is 11.5 Å². The van der Waals surface area contributed by atoms with Crippen molar-refractivity contribution >= 4 is 11.6 Å². The molecule has 4 rings (SSSR count). The Balaban J connectivity index is 1.34. The molecule has 0 fully saturated rings. The molecule has 148 valence electrons. The van der Waals surface area contributed by atoms with Crippen molar-refractivity contribution in [2.45, 2.75) is 19.4 Å². The lowest BCUT2D eigenvalue weighted by molar-refractivity contribution is -0.116. The second-order valence-corrected chi connectivity index (χ2v) is 6.66. The number of carbonyl (C=O) groups is 1. The molecule has 0 aliphatic carbocycles. The Kier molecular flexibility index (Phi) is 5.56. The van der Waals surface area contributed by atoms with Gasteiger partial charge in [-0.1, -0.05) is 30.3 Å². The molecule has 2 heterocycles. The largest absolute Gasteiger partial charge is 0.486 e. The Morgan fingerprint density at radius 1 is 1.00 bits per heavy atom. The van der Waals surface area contributed by atoms with Crippen LogP contribution in [0.1, 0.15) is 12.8 Å². The van der Waals surface area contributed by atoms with E-state index in [9.17, 15) is 9.59 Å². The van der Waals surface area contributed by atoms with Gasteiger partial charge in [-0.25, -0.2) is 4.68 Å². The summed E-state index contributed by atoms with van der Waals surface area (Å²) in [4.78, 5) is 24.3. The molecule has 2 aromatic carbocycles. The van der Waals surface area contributed by atoms with Crippen molar-refractivity contribution in [3.05, 3.63) is 71.0 Å². The Labute approximate surface area is 167 Å². The first-order valence-corrected chi connectivity index (χ1v) is 9.52. The maximum atomic E-state index is 12.3. The summed E-state index contributed by atoms with van der Waals surface area (Å²) < 4.78 is 12.4. The highest BCUT2D eigenvalue weighted by Crippen LogP contribution is 2.32. The Morgan fingerprint density at radius 3 is 2.62 bits per heavy atom. The fourth-order valence-corrected chi connectivity index (χ4v) is 3.11. The number of carbonyl (C=O) groups excluding carboxylic acids is 1. The van der Waals surface area contributed by atoms with Gasteiger partial charge in [0.05, 0.1) is 5.69 Å². The number of benzene rings is 2. The van der Waals surface area contributed by atoms with Crippen molar-refractivity contribution in [1.29, 1.82) is 0 Å². The van der Waals surface area contributed by atoms with E-state index in [0.29, 0.717) is 43.4 Å². The molecular formula is C22H21N3O4. The molecule has 3 aromatic rings. The van der Waals surface area contributed by atoms with Crippen molar-refractivity contribution in [1.82, 2.24) is 9.78 Å². The Hall–Kier alpha value is -3.61. The highest BCUT2D eigenvalue weighted by atomic mass is 16.6. The molecule has 29 heavy (non-hydrogen) atoms. The number of hydrogen-bond donors (Lipinski definition) is 1. The SMILES string of the molecule is O=C(CCCn1nc(-c2ccccc2)ccc1=O)Nc1ccc2c(c1)OCCO2. The number of nitrogens with one attached hydrogen (secondary N) is 1. The van der Waals surface area contributed by atoms with E-state index in [2.05, 4.69) is 10.4 Å². The number of nitrogens with zero attached hydrogens (tertiary/aromatic N) is 2. The van der Waals surface area contributed by atoms with Crippen LogP contribution in [-0.2, 0) is 11.3 Å². The maximum Gasteiger partial charge on any atom is 0.266 e. The van der Waals surface area contributed by atoms with Gasteiger partial charge in [-0.15, -0.1) is 0 Å². The minimum absolute atomic E-state index is 0.131. The number of ether oxygens (including phenoxy) is 2. The summed E-state index contributed by atoms with van der Waals surface area (Å²) >= 11 is 0. The van der Waals surface area contributed by atoms with Gasteiger partial charge >= 0.3 is 0 Å². The monoisotopic (exact) mass is 391 g/mol. The van der Waals surface area contributed by atoms with E-state index in [-0.39, 0.29) is 17.9 Å². The van der Waals surface area contributed by atoms with Gasteiger partial charge in [0.2, 0.25) is 5.91 Å². The molecule has 0 unspecified atom stereocenters. The lowest BCUT2D eigenvalue weighted by atomic mass is 10.1. The van der Waals surface area contributed by atoms with Gasteiger partial charge < -0.3 is 14.8 Å². The van der Waals surface area contributed by atoms with Crippen LogP contribution in [0.3, 0.4) is 0 Å². The lowest BCUT2D eigenvalue weighted by Gasteiger charge is -2.19. The zero-order chi connectivity index (χ0) is 20.1. The Bertz CT molecular complexity index is 1060. The lowest BCUT2D eigenvalue weighted by Crippen LogP contribution is -2.23. The molecule has 7 nitrogen and oxygen atoms in total. The number of hydrogen-bond acceptors (Lipinski definition) is 5. The first-order valence-electron chi connectivity index (χ1n) is 9.52. The molecule has 0 radical (unpaired) electrons. The summed E-state index contributed by atoms with van der Waals surface area (Å²) in [5.41, 5.74) is 2.14. The van der Waals surface area contributed by atoms with E-state index < -0.39 is 0 Å². The summed E-state index contributed by atoms with van der Waals surface area (Å²) in [5.74, 6) is 1.18. The van der Waals surface area contributed by atoms with Crippen LogP contribution >= 0.6 is 0 Å². The van der Waals surface area contributed by atoms with Gasteiger partial charge in [0, 0.05) is 36.3 Å². The summed E-state index contributed by atoms with van der Waals surface area (Å²) in [7, 11) is 0. The topological polar surface area (TPSA) is 82.5 Å². The van der Waals surface area contributed by atoms with E-state index in [1.807, 2.05) is 30.3 Å². The average molecular weight is 391 g/mol. The molecule has 0 bridgehead atoms. The van der Waals surface area contributed by atoms with E-state index in [4.69, 9.17) is 9.47 Å². The molecule has 7 heteroatoms. The van der Waals surface area contributed by atoms with Gasteiger partial charge in [0.25, 0.3) is 5.56 Å². The number of aromatic nitrogens is 2. The van der Waals surface area contributed by atoms with Crippen molar-refractivity contribution in [3.63, 3.8) is 0 Å². The molecule has 1 aliphatic rings. The normalized spacial score (nSPS) is 12.4. The molecule has 0 atom stereocenters. The third-order valence-corrected chi connectivity index (χ3v) is 4.54. The zero-order valence-electron chi connectivity index (χ0n) is 15.8. The molecular weight excluding hydrogens is 370 g/mol. The van der Waals surface area contributed by atoms with Crippen molar-refractivity contribution < 1.29 is 14.3 Å². The van der Waals surface area contributed by atoms with Crippen LogP contribution in [-0.4, -0.2) is 28.9 Å². The van der Waals surface area contributed by atoms with Crippen LogP contribution in [0.5, 0.6) is 11.5 Å². The standard InChI is InChI=1S/C22H21N3O4/c26-21(23-17-8-10-19-20(15-17)29-14-13-28-19)7-4-12-25-22(27)11-9-18(24-25)16-5-2-1-3-6-16/h1-3,5-6,8-11,15H,4,7,12-14H2,(H,23,26). The second kappa shape index (κ2) is 8.60. The van der Waals surface area contributed by atoms with Crippen LogP contribution in [0.25, 0.3) is 11.3 Å². The molecule has 1 N–H and O–H groups in total. The minimum Gasteiger partial charge on any atom is -0.486 e. The predicted octanol–water partition coefficient (Wildman–Crippen LogP) is 3.10. The number of aryl methyl sites for hydroxylation is 1. The molecule has 0 spiro atoms. The van der Waals surface area contributed by atoms with Gasteiger partial charge in [-0.3, -0.25) is 9.59 Å². The second-order valence-electron chi connectivity index (χ2n) is 6.66. The summed E-state index contributed by atoms with van der Waals surface area (Å²) in [5, 5.41) is 7.26. The van der Waals surface area contributed by atoms with Crippen molar-refractivity contribution in [2.24, 2.45) is 0 Å². The highest BCUT2D eigenvalue weighted by Gasteiger charge is 2.13. The number of rotatable bonds is 6.